The molecule has 1 unspecified atom stereocenters. The molecule has 4 rings (SSSR count). The van der Waals surface area contributed by atoms with Gasteiger partial charge in [0.1, 0.15) is 23.4 Å². The van der Waals surface area contributed by atoms with E-state index in [9.17, 15) is 9.35 Å². The van der Waals surface area contributed by atoms with Gasteiger partial charge in [-0.25, -0.2) is 9.97 Å². The molecule has 2 heterocycles. The van der Waals surface area contributed by atoms with Crippen LogP contribution in [0, 0.1) is 0 Å². The van der Waals surface area contributed by atoms with E-state index < -0.39 is 11.2 Å². The van der Waals surface area contributed by atoms with E-state index >= 15 is 0 Å². The Morgan fingerprint density at radius 3 is 2.79 bits per heavy atom. The second kappa shape index (κ2) is 7.63. The first-order valence-electron chi connectivity index (χ1n) is 8.37. The summed E-state index contributed by atoms with van der Waals surface area (Å²) in [6.45, 7) is 0. The monoisotopic (exact) mass is 410 g/mol. The van der Waals surface area contributed by atoms with Gasteiger partial charge in [-0.1, -0.05) is 23.7 Å². The molecule has 8 heteroatoms. The summed E-state index contributed by atoms with van der Waals surface area (Å²) in [4.78, 5) is 25.2. The third-order valence-electron chi connectivity index (χ3n) is 4.17. The number of carbonyl (C=O) groups is 1. The molecular weight excluding hydrogens is 396 g/mol. The lowest BCUT2D eigenvalue weighted by Crippen LogP contribution is -2.13. The standard InChI is InChI=1S/C20H15ClN4O2S/c1-28(27)16-11-12(21)8-9-13(16)19-23-15-6-4-5-14(18(15)25-19)20(26)24-17-7-2-3-10-22-17/h2-11H,1H3,(H,23,25)(H,22,24,26). The van der Waals surface area contributed by atoms with E-state index in [4.69, 9.17) is 11.6 Å². The van der Waals surface area contributed by atoms with Crippen LogP contribution in [0.2, 0.25) is 5.02 Å². The summed E-state index contributed by atoms with van der Waals surface area (Å²) >= 11 is 4.80. The molecule has 1 atom stereocenters. The number of aromatic amines is 1. The van der Waals surface area contributed by atoms with E-state index in [0.29, 0.717) is 43.7 Å². The summed E-state index contributed by atoms with van der Waals surface area (Å²) in [6.07, 6.45) is 3.19. The number of carbonyl (C=O) groups excluding carboxylic acids is 1. The normalized spacial score (nSPS) is 12.1. The number of amides is 1. The molecular formula is C20H15ClN4O2S. The van der Waals surface area contributed by atoms with E-state index in [1.807, 2.05) is 6.07 Å². The first-order valence-corrected chi connectivity index (χ1v) is 10.3. The highest BCUT2D eigenvalue weighted by atomic mass is 35.5. The highest BCUT2D eigenvalue weighted by molar-refractivity contribution is 7.90. The third kappa shape index (κ3) is 3.60. The van der Waals surface area contributed by atoms with Gasteiger partial charge in [0, 0.05) is 17.3 Å². The zero-order valence-corrected chi connectivity index (χ0v) is 16.3. The largest absolute Gasteiger partial charge is 0.612 e. The van der Waals surface area contributed by atoms with Gasteiger partial charge in [0.15, 0.2) is 4.90 Å². The summed E-state index contributed by atoms with van der Waals surface area (Å²) in [7, 11) is 0. The van der Waals surface area contributed by atoms with Crippen LogP contribution in [0.15, 0.2) is 65.7 Å². The Morgan fingerprint density at radius 1 is 1.18 bits per heavy atom. The molecule has 28 heavy (non-hydrogen) atoms. The van der Waals surface area contributed by atoms with Crippen LogP contribution >= 0.6 is 11.6 Å². The van der Waals surface area contributed by atoms with Gasteiger partial charge in [-0.3, -0.25) is 4.79 Å². The summed E-state index contributed by atoms with van der Waals surface area (Å²) < 4.78 is 12.1. The SMILES string of the molecule is C[S+]([O-])c1cc(Cl)ccc1-c1nc2c(C(=O)Nc3ccccn3)cccc2[nH]1. The van der Waals surface area contributed by atoms with E-state index in [2.05, 4.69) is 20.3 Å². The molecule has 2 N–H and O–H groups in total. The van der Waals surface area contributed by atoms with Crippen LogP contribution < -0.4 is 5.32 Å². The number of nitrogens with zero attached hydrogens (tertiary/aromatic N) is 2. The Hall–Kier alpha value is -2.87. The molecule has 140 valence electrons. The zero-order chi connectivity index (χ0) is 19.7. The Kier molecular flexibility index (Phi) is 5.04. The Bertz CT molecular complexity index is 1160. The number of hydrogen-bond acceptors (Lipinski definition) is 4. The van der Waals surface area contributed by atoms with Gasteiger partial charge in [0.2, 0.25) is 0 Å². The fraction of sp³-hybridized carbons (Fsp3) is 0.0500. The van der Waals surface area contributed by atoms with E-state index in [1.54, 1.807) is 61.0 Å². The molecule has 0 fully saturated rings. The molecule has 0 aliphatic carbocycles. The van der Waals surface area contributed by atoms with Crippen molar-refractivity contribution in [2.45, 2.75) is 4.90 Å². The minimum Gasteiger partial charge on any atom is -0.612 e. The number of pyridine rings is 1. The second-order valence-electron chi connectivity index (χ2n) is 6.05. The topological polar surface area (TPSA) is 93.7 Å². The third-order valence-corrected chi connectivity index (χ3v) is 5.36. The molecule has 0 saturated carbocycles. The summed E-state index contributed by atoms with van der Waals surface area (Å²) in [5.41, 5.74) is 2.32. The lowest BCUT2D eigenvalue weighted by molar-refractivity contribution is 0.102. The lowest BCUT2D eigenvalue weighted by atomic mass is 10.1. The van der Waals surface area contributed by atoms with Gasteiger partial charge in [-0.05, 0) is 47.6 Å². The number of halogens is 1. The quantitative estimate of drug-likeness (QED) is 0.491. The number of rotatable bonds is 4. The van der Waals surface area contributed by atoms with E-state index in [-0.39, 0.29) is 5.91 Å². The maximum absolute atomic E-state index is 12.7. The fourth-order valence-electron chi connectivity index (χ4n) is 2.89. The molecule has 2 aromatic carbocycles. The molecule has 0 aliphatic rings. The molecule has 0 radical (unpaired) electrons. The van der Waals surface area contributed by atoms with E-state index in [1.165, 1.54) is 0 Å². The van der Waals surface area contributed by atoms with Crippen molar-refractivity contribution in [3.05, 3.63) is 71.4 Å². The number of fused-ring (bicyclic) bond motifs is 1. The van der Waals surface area contributed by atoms with Crippen molar-refractivity contribution < 1.29 is 9.35 Å². The zero-order valence-electron chi connectivity index (χ0n) is 14.8. The molecule has 1 amide bonds. The Labute approximate surface area is 169 Å². The number of anilines is 1. The highest BCUT2D eigenvalue weighted by Gasteiger charge is 2.20. The van der Waals surface area contributed by atoms with Gasteiger partial charge in [0.05, 0.1) is 16.6 Å². The van der Waals surface area contributed by atoms with Crippen molar-refractivity contribution in [2.75, 3.05) is 11.6 Å². The maximum atomic E-state index is 12.7. The van der Waals surface area contributed by atoms with Crippen LogP contribution in [0.1, 0.15) is 10.4 Å². The van der Waals surface area contributed by atoms with Crippen LogP contribution in [0.3, 0.4) is 0 Å². The first kappa shape index (κ1) is 18.5. The number of hydrogen-bond donors (Lipinski definition) is 2. The Balaban J connectivity index is 1.77. The number of H-pyrrole nitrogens is 1. The van der Waals surface area contributed by atoms with Crippen molar-refractivity contribution in [3.8, 4) is 11.4 Å². The molecule has 2 aromatic heterocycles. The Morgan fingerprint density at radius 2 is 2.04 bits per heavy atom. The average Bonchev–Trinajstić information content (AvgIpc) is 3.12. The van der Waals surface area contributed by atoms with Crippen LogP contribution in [0.4, 0.5) is 5.82 Å². The van der Waals surface area contributed by atoms with Gasteiger partial charge in [-0.2, -0.15) is 0 Å². The van der Waals surface area contributed by atoms with Crippen LogP contribution in [0.25, 0.3) is 22.4 Å². The fourth-order valence-corrected chi connectivity index (χ4v) is 3.90. The average molecular weight is 411 g/mol. The number of para-hydroxylation sites is 1. The number of imidazole rings is 1. The van der Waals surface area contributed by atoms with Crippen LogP contribution in [-0.2, 0) is 11.2 Å². The van der Waals surface area contributed by atoms with Crippen LogP contribution in [0.5, 0.6) is 0 Å². The molecule has 0 bridgehead atoms. The smallest absolute Gasteiger partial charge is 0.259 e. The van der Waals surface area contributed by atoms with E-state index in [0.717, 1.165) is 0 Å². The molecule has 0 spiro atoms. The van der Waals surface area contributed by atoms with Crippen molar-refractivity contribution >= 4 is 45.5 Å². The number of nitrogens with one attached hydrogen (secondary N) is 2. The van der Waals surface area contributed by atoms with Gasteiger partial charge in [0.25, 0.3) is 5.91 Å². The van der Waals surface area contributed by atoms with Crippen LogP contribution in [-0.4, -0.2) is 31.7 Å². The summed E-state index contributed by atoms with van der Waals surface area (Å²) in [5, 5.41) is 3.27. The van der Waals surface area contributed by atoms with Crippen molar-refractivity contribution in [1.82, 2.24) is 15.0 Å². The van der Waals surface area contributed by atoms with Gasteiger partial charge in [-0.15, -0.1) is 0 Å². The molecule has 4 aromatic rings. The molecule has 0 aliphatic heterocycles. The highest BCUT2D eigenvalue weighted by Crippen LogP contribution is 2.30. The predicted octanol–water partition coefficient (Wildman–Crippen LogP) is 4.27. The number of aromatic nitrogens is 3. The maximum Gasteiger partial charge on any atom is 0.259 e. The number of benzene rings is 2. The van der Waals surface area contributed by atoms with Gasteiger partial charge >= 0.3 is 0 Å². The van der Waals surface area contributed by atoms with Crippen molar-refractivity contribution in [2.24, 2.45) is 0 Å². The van der Waals surface area contributed by atoms with Gasteiger partial charge < -0.3 is 14.9 Å². The second-order valence-corrected chi connectivity index (χ2v) is 7.84. The molecule has 0 saturated heterocycles. The molecule has 6 nitrogen and oxygen atoms in total. The first-order chi connectivity index (χ1) is 13.5. The predicted molar refractivity (Wildman–Crippen MR) is 111 cm³/mol. The summed E-state index contributed by atoms with van der Waals surface area (Å²) in [6, 6.07) is 15.7. The lowest BCUT2D eigenvalue weighted by Gasteiger charge is -2.08. The summed E-state index contributed by atoms with van der Waals surface area (Å²) in [5.74, 6) is 0.675. The van der Waals surface area contributed by atoms with Crippen molar-refractivity contribution in [3.63, 3.8) is 0 Å². The minimum atomic E-state index is -1.25. The minimum absolute atomic E-state index is 0.308. The van der Waals surface area contributed by atoms with Crippen molar-refractivity contribution in [1.29, 1.82) is 0 Å².